The van der Waals surface area contributed by atoms with Crippen LogP contribution in [0.2, 0.25) is 0 Å². The highest BCUT2D eigenvalue weighted by molar-refractivity contribution is 7.91. The molecule has 0 aliphatic carbocycles. The van der Waals surface area contributed by atoms with Crippen molar-refractivity contribution in [3.63, 3.8) is 0 Å². The highest BCUT2D eigenvalue weighted by atomic mass is 32.2. The van der Waals surface area contributed by atoms with Gasteiger partial charge in [0.05, 0.1) is 24.1 Å². The number of carbonyl (C=O) groups is 2. The smallest absolute Gasteiger partial charge is 0.248 e. The molecular formula is C18H25N3O5S. The van der Waals surface area contributed by atoms with Crippen molar-refractivity contribution in [2.24, 2.45) is 0 Å². The van der Waals surface area contributed by atoms with Gasteiger partial charge < -0.3 is 15.0 Å². The van der Waals surface area contributed by atoms with E-state index in [1.165, 1.54) is 7.11 Å². The van der Waals surface area contributed by atoms with Crippen LogP contribution in [-0.2, 0) is 24.2 Å². The number of methoxy groups -OCH3 is 1. The summed E-state index contributed by atoms with van der Waals surface area (Å²) in [4.78, 5) is 28.1. The molecule has 0 saturated carbocycles. The Bertz CT molecular complexity index is 809. The number of benzene rings is 1. The van der Waals surface area contributed by atoms with E-state index in [0.29, 0.717) is 18.8 Å². The number of amides is 2. The molecule has 27 heavy (non-hydrogen) atoms. The minimum Gasteiger partial charge on any atom is -0.375 e. The van der Waals surface area contributed by atoms with Crippen molar-refractivity contribution in [2.75, 3.05) is 50.2 Å². The zero-order valence-electron chi connectivity index (χ0n) is 15.6. The van der Waals surface area contributed by atoms with Crippen molar-refractivity contribution in [1.82, 2.24) is 9.80 Å². The van der Waals surface area contributed by atoms with Gasteiger partial charge in [-0.2, -0.15) is 0 Å². The Morgan fingerprint density at radius 2 is 1.81 bits per heavy atom. The van der Waals surface area contributed by atoms with E-state index >= 15 is 0 Å². The average Bonchev–Trinajstić information content (AvgIpc) is 2.93. The Labute approximate surface area is 159 Å². The monoisotopic (exact) mass is 395 g/mol. The van der Waals surface area contributed by atoms with Gasteiger partial charge in [-0.1, -0.05) is 17.7 Å². The molecule has 0 aromatic heterocycles. The third-order valence-corrected chi connectivity index (χ3v) is 6.76. The molecule has 1 aromatic rings. The highest BCUT2D eigenvalue weighted by Gasteiger charge is 2.48. The average molecular weight is 395 g/mol. The Morgan fingerprint density at radius 1 is 1.15 bits per heavy atom. The first-order valence-corrected chi connectivity index (χ1v) is 10.7. The Balaban J connectivity index is 1.68. The van der Waals surface area contributed by atoms with Gasteiger partial charge >= 0.3 is 0 Å². The summed E-state index contributed by atoms with van der Waals surface area (Å²) in [5, 5.41) is 2.84. The Morgan fingerprint density at radius 3 is 2.48 bits per heavy atom. The lowest BCUT2D eigenvalue weighted by molar-refractivity contribution is -0.141. The quantitative estimate of drug-likeness (QED) is 0.747. The highest BCUT2D eigenvalue weighted by Crippen LogP contribution is 2.27. The van der Waals surface area contributed by atoms with E-state index < -0.39 is 15.9 Å². The minimum atomic E-state index is -3.25. The second kappa shape index (κ2) is 7.95. The molecule has 0 spiro atoms. The molecule has 2 heterocycles. The van der Waals surface area contributed by atoms with Crippen LogP contribution in [-0.4, -0.2) is 87.0 Å². The summed E-state index contributed by atoms with van der Waals surface area (Å²) in [6.45, 7) is 2.83. The van der Waals surface area contributed by atoms with Crippen LogP contribution in [0.5, 0.6) is 0 Å². The number of fused-ring (bicyclic) bond motifs is 1. The molecule has 2 atom stereocenters. The van der Waals surface area contributed by atoms with Crippen LogP contribution < -0.4 is 5.32 Å². The predicted molar refractivity (Wildman–Crippen MR) is 101 cm³/mol. The number of sulfone groups is 1. The summed E-state index contributed by atoms with van der Waals surface area (Å²) in [7, 11) is -1.81. The molecule has 3 rings (SSSR count). The van der Waals surface area contributed by atoms with Crippen LogP contribution in [0.15, 0.2) is 24.3 Å². The molecule has 0 bridgehead atoms. The lowest BCUT2D eigenvalue weighted by Crippen LogP contribution is -2.62. The normalized spacial score (nSPS) is 24.4. The van der Waals surface area contributed by atoms with Crippen LogP contribution in [0.3, 0.4) is 0 Å². The summed E-state index contributed by atoms with van der Waals surface area (Å²) in [6, 6.07) is 6.69. The fraction of sp³-hybridized carbons (Fsp3) is 0.556. The van der Waals surface area contributed by atoms with Crippen LogP contribution in [0.1, 0.15) is 5.56 Å². The van der Waals surface area contributed by atoms with E-state index in [2.05, 4.69) is 5.32 Å². The van der Waals surface area contributed by atoms with Gasteiger partial charge in [0.1, 0.15) is 6.61 Å². The van der Waals surface area contributed by atoms with E-state index in [9.17, 15) is 18.0 Å². The molecule has 1 aromatic carbocycles. The van der Waals surface area contributed by atoms with Crippen molar-refractivity contribution < 1.29 is 22.7 Å². The van der Waals surface area contributed by atoms with Gasteiger partial charge in [-0.15, -0.1) is 0 Å². The second-order valence-electron chi connectivity index (χ2n) is 7.12. The predicted octanol–water partition coefficient (Wildman–Crippen LogP) is -0.110. The first-order chi connectivity index (χ1) is 12.8. The number of aryl methyl sites for hydroxylation is 1. The summed E-state index contributed by atoms with van der Waals surface area (Å²) in [5.74, 6) is -0.512. The Hall–Kier alpha value is -1.97. The number of hydrogen-bond acceptors (Lipinski definition) is 6. The van der Waals surface area contributed by atoms with E-state index in [-0.39, 0.29) is 42.5 Å². The van der Waals surface area contributed by atoms with Crippen molar-refractivity contribution in [1.29, 1.82) is 0 Å². The SMILES string of the molecule is COCC(=O)N1CCN(CC(=O)Nc2ccc(C)cc2)[C@H]2CS(=O)(=O)C[C@H]21. The second-order valence-corrected chi connectivity index (χ2v) is 9.27. The van der Waals surface area contributed by atoms with Gasteiger partial charge in [0.15, 0.2) is 9.84 Å². The summed E-state index contributed by atoms with van der Waals surface area (Å²) in [5.41, 5.74) is 1.80. The van der Waals surface area contributed by atoms with Crippen LogP contribution in [0, 0.1) is 6.92 Å². The topological polar surface area (TPSA) is 96.0 Å². The zero-order valence-corrected chi connectivity index (χ0v) is 16.4. The molecule has 0 unspecified atom stereocenters. The molecule has 2 amide bonds. The third-order valence-electron chi connectivity index (χ3n) is 5.06. The molecule has 148 valence electrons. The number of nitrogens with one attached hydrogen (secondary N) is 1. The maximum atomic E-state index is 12.4. The number of carbonyl (C=O) groups excluding carboxylic acids is 2. The van der Waals surface area contributed by atoms with Crippen molar-refractivity contribution in [3.8, 4) is 0 Å². The summed E-state index contributed by atoms with van der Waals surface area (Å²) >= 11 is 0. The number of piperazine rings is 1. The lowest BCUT2D eigenvalue weighted by atomic mass is 10.0. The van der Waals surface area contributed by atoms with Crippen molar-refractivity contribution >= 4 is 27.3 Å². The number of rotatable bonds is 5. The van der Waals surface area contributed by atoms with Gasteiger partial charge in [0, 0.05) is 31.9 Å². The zero-order chi connectivity index (χ0) is 19.6. The first-order valence-electron chi connectivity index (χ1n) is 8.88. The molecule has 0 radical (unpaired) electrons. The Kier molecular flexibility index (Phi) is 5.83. The number of hydrogen-bond donors (Lipinski definition) is 1. The van der Waals surface area contributed by atoms with E-state index in [4.69, 9.17) is 4.74 Å². The lowest BCUT2D eigenvalue weighted by Gasteiger charge is -2.43. The molecule has 2 fully saturated rings. The molecule has 9 heteroatoms. The number of anilines is 1. The van der Waals surface area contributed by atoms with Gasteiger partial charge in [0.2, 0.25) is 11.8 Å². The molecule has 2 aliphatic heterocycles. The van der Waals surface area contributed by atoms with Gasteiger partial charge in [-0.05, 0) is 19.1 Å². The fourth-order valence-electron chi connectivity index (χ4n) is 3.76. The number of ether oxygens (including phenoxy) is 1. The molecule has 1 N–H and O–H groups in total. The van der Waals surface area contributed by atoms with Crippen LogP contribution >= 0.6 is 0 Å². The number of nitrogens with zero attached hydrogens (tertiary/aromatic N) is 2. The molecular weight excluding hydrogens is 370 g/mol. The maximum Gasteiger partial charge on any atom is 0.248 e. The third kappa shape index (κ3) is 4.66. The molecule has 2 aliphatic rings. The van der Waals surface area contributed by atoms with Gasteiger partial charge in [-0.3, -0.25) is 14.5 Å². The maximum absolute atomic E-state index is 12.4. The van der Waals surface area contributed by atoms with Gasteiger partial charge in [-0.25, -0.2) is 8.42 Å². The summed E-state index contributed by atoms with van der Waals surface area (Å²) < 4.78 is 29.3. The van der Waals surface area contributed by atoms with Crippen molar-refractivity contribution in [3.05, 3.63) is 29.8 Å². The standard InChI is InChI=1S/C18H25N3O5S/c1-13-3-5-14(6-4-13)19-17(22)9-20-7-8-21(18(23)10-26-2)16-12-27(24,25)11-15(16)20/h3-6,15-16H,7-12H2,1-2H3,(H,19,22)/t15-,16+/m0/s1. The van der Waals surface area contributed by atoms with Crippen LogP contribution in [0.25, 0.3) is 0 Å². The molecule has 8 nitrogen and oxygen atoms in total. The first kappa shape index (κ1) is 19.8. The minimum absolute atomic E-state index is 0.0355. The van der Waals surface area contributed by atoms with E-state index in [1.54, 1.807) is 4.90 Å². The van der Waals surface area contributed by atoms with Gasteiger partial charge in [0.25, 0.3) is 0 Å². The molecule has 2 saturated heterocycles. The largest absolute Gasteiger partial charge is 0.375 e. The van der Waals surface area contributed by atoms with E-state index in [1.807, 2.05) is 36.1 Å². The van der Waals surface area contributed by atoms with Crippen LogP contribution in [0.4, 0.5) is 5.69 Å². The fourth-order valence-corrected chi connectivity index (χ4v) is 5.77. The summed E-state index contributed by atoms with van der Waals surface area (Å²) in [6.07, 6.45) is 0. The van der Waals surface area contributed by atoms with Crippen molar-refractivity contribution in [2.45, 2.75) is 19.0 Å². The van der Waals surface area contributed by atoms with E-state index in [0.717, 1.165) is 5.56 Å².